The summed E-state index contributed by atoms with van der Waals surface area (Å²) in [4.78, 5) is 5.45. The lowest BCUT2D eigenvalue weighted by atomic mass is 9.33. The highest BCUT2D eigenvalue weighted by Gasteiger charge is 2.46. The van der Waals surface area contributed by atoms with Crippen LogP contribution >= 0.6 is 0 Å². The van der Waals surface area contributed by atoms with Gasteiger partial charge in [0.15, 0.2) is 0 Å². The molecule has 0 unspecified atom stereocenters. The molecule has 0 saturated carbocycles. The average molecular weight is 1230 g/mol. The minimum absolute atomic E-state index is 0.172. The van der Waals surface area contributed by atoms with Crippen molar-refractivity contribution >= 4 is 101 Å². The fourth-order valence-corrected chi connectivity index (χ4v) is 15.5. The van der Waals surface area contributed by atoms with Crippen LogP contribution in [-0.2, 0) is 16.2 Å². The molecular formula is C92H76BN3. The van der Waals surface area contributed by atoms with Crippen molar-refractivity contribution in [3.05, 3.63) is 314 Å². The number of fused-ring (bicyclic) bond motifs is 9. The van der Waals surface area contributed by atoms with Gasteiger partial charge in [0.25, 0.3) is 6.71 Å². The van der Waals surface area contributed by atoms with Crippen molar-refractivity contribution in [2.24, 2.45) is 0 Å². The fraction of sp³-hybridized carbons (Fsp3) is 0.130. The predicted molar refractivity (Wildman–Crippen MR) is 413 cm³/mol. The van der Waals surface area contributed by atoms with Gasteiger partial charge in [-0.05, 0) is 189 Å². The summed E-state index contributed by atoms with van der Waals surface area (Å²) >= 11 is 0. The second kappa shape index (κ2) is 22.4. The van der Waals surface area contributed by atoms with E-state index in [-0.39, 0.29) is 23.0 Å². The van der Waals surface area contributed by atoms with Crippen molar-refractivity contribution in [1.29, 1.82) is 0 Å². The number of benzene rings is 14. The fourth-order valence-electron chi connectivity index (χ4n) is 15.5. The van der Waals surface area contributed by atoms with Gasteiger partial charge in [0.05, 0.1) is 22.4 Å². The number of rotatable bonds is 8. The summed E-state index contributed by atoms with van der Waals surface area (Å²) in [5.74, 6) is 0. The summed E-state index contributed by atoms with van der Waals surface area (Å²) in [7, 11) is 0. The number of aromatic nitrogens is 1. The summed E-state index contributed by atoms with van der Waals surface area (Å²) in [5, 5.41) is 7.42. The smallest absolute Gasteiger partial charge is 0.252 e. The number of nitrogens with zero attached hydrogens (tertiary/aromatic N) is 3. The van der Waals surface area contributed by atoms with Crippen LogP contribution in [0.1, 0.15) is 79.0 Å². The Hall–Kier alpha value is -10.9. The van der Waals surface area contributed by atoms with Crippen LogP contribution in [0.15, 0.2) is 297 Å². The van der Waals surface area contributed by atoms with Crippen LogP contribution in [0.4, 0.5) is 34.1 Å². The molecule has 462 valence electrons. The summed E-state index contributed by atoms with van der Waals surface area (Å²) in [6.07, 6.45) is 0. The maximum Gasteiger partial charge on any atom is 0.252 e. The zero-order valence-corrected chi connectivity index (χ0v) is 56.2. The monoisotopic (exact) mass is 1230 g/mol. The number of para-hydroxylation sites is 2. The first kappa shape index (κ1) is 58.9. The third-order valence-electron chi connectivity index (χ3n) is 20.5. The lowest BCUT2D eigenvalue weighted by molar-refractivity contribution is 0.590. The number of hydrogen-bond acceptors (Lipinski definition) is 2. The molecule has 0 atom stereocenters. The molecular weight excluding hydrogens is 1160 g/mol. The molecule has 96 heavy (non-hydrogen) atoms. The maximum absolute atomic E-state index is 2.73. The Balaban J connectivity index is 1.05. The second-order valence-corrected chi connectivity index (χ2v) is 29.7. The van der Waals surface area contributed by atoms with Crippen LogP contribution in [0.2, 0.25) is 0 Å². The third kappa shape index (κ3) is 9.79. The van der Waals surface area contributed by atoms with E-state index >= 15 is 0 Å². The quantitative estimate of drug-likeness (QED) is 0.111. The van der Waals surface area contributed by atoms with Crippen molar-refractivity contribution in [3.8, 4) is 61.3 Å². The first-order chi connectivity index (χ1) is 46.5. The first-order valence-corrected chi connectivity index (χ1v) is 34.1. The van der Waals surface area contributed by atoms with E-state index < -0.39 is 0 Å². The Morgan fingerprint density at radius 2 is 0.615 bits per heavy atom. The number of anilines is 6. The molecule has 15 aromatic rings. The standard InChI is InChI=1S/C92H76BN3/c1-90(2,3)69-52-75(59-28-14-10-15-29-59)88(76(53-69)60-30-16-11-17-31-60)95-83-51-67(65-42-43-66-48-63-36-22-23-37-64(63)49-68(66)50-65)44-46-79(83)93-80-47-45-72(94-81-40-26-24-38-73(81)74-39-25-27-41-82(74)94)58-84(80)96(86-57-71(92(7,8)9)56-85(95)87(86)93)89-77(61-32-18-12-19-33-61)54-70(91(4,5)6)55-78(89)62-34-20-13-21-35-62/h10-58H,1-9H3. The zero-order valence-electron chi connectivity index (χ0n) is 56.2. The predicted octanol–water partition coefficient (Wildman–Crippen LogP) is 23.4. The van der Waals surface area contributed by atoms with Crippen molar-refractivity contribution in [2.45, 2.75) is 78.6 Å². The van der Waals surface area contributed by atoms with E-state index in [9.17, 15) is 0 Å². The van der Waals surface area contributed by atoms with E-state index in [1.165, 1.54) is 138 Å². The average Bonchev–Trinajstić information content (AvgIpc) is 0.813. The lowest BCUT2D eigenvalue weighted by Gasteiger charge is -2.47. The summed E-state index contributed by atoms with van der Waals surface area (Å²) in [6.45, 7) is 21.1. The molecule has 0 aliphatic carbocycles. The Morgan fingerprint density at radius 1 is 0.260 bits per heavy atom. The van der Waals surface area contributed by atoms with Gasteiger partial charge in [-0.15, -0.1) is 0 Å². The van der Waals surface area contributed by atoms with E-state index in [4.69, 9.17) is 0 Å². The molecule has 14 aromatic carbocycles. The highest BCUT2D eigenvalue weighted by molar-refractivity contribution is 7.00. The van der Waals surface area contributed by atoms with Gasteiger partial charge < -0.3 is 14.4 Å². The minimum atomic E-state index is -0.303. The second-order valence-electron chi connectivity index (χ2n) is 29.7. The van der Waals surface area contributed by atoms with Gasteiger partial charge in [-0.3, -0.25) is 0 Å². The normalized spacial score (nSPS) is 13.0. The van der Waals surface area contributed by atoms with Gasteiger partial charge in [0.2, 0.25) is 0 Å². The Bertz CT molecular complexity index is 5410. The molecule has 0 spiro atoms. The Labute approximate surface area is 565 Å². The Kier molecular flexibility index (Phi) is 13.7. The minimum Gasteiger partial charge on any atom is -0.310 e. The van der Waals surface area contributed by atoms with Crippen LogP contribution in [0, 0.1) is 0 Å². The highest BCUT2D eigenvalue weighted by Crippen LogP contribution is 2.56. The van der Waals surface area contributed by atoms with Crippen molar-refractivity contribution in [3.63, 3.8) is 0 Å². The van der Waals surface area contributed by atoms with Crippen molar-refractivity contribution < 1.29 is 0 Å². The van der Waals surface area contributed by atoms with Crippen LogP contribution < -0.4 is 26.2 Å². The molecule has 2 aliphatic heterocycles. The van der Waals surface area contributed by atoms with Crippen LogP contribution in [0.25, 0.3) is 105 Å². The molecule has 0 bridgehead atoms. The van der Waals surface area contributed by atoms with Gasteiger partial charge in [-0.2, -0.15) is 0 Å². The SMILES string of the molecule is CC(C)(C)c1cc(-c2ccccc2)c(N2c3cc(-c4ccc5cc6ccccc6cc5c4)ccc3B3c4ccc(-n5c6ccccc6c6ccccc65)cc4N(c4c(-c5ccccc5)cc(C(C)(C)C)cc4-c4ccccc4)c4cc(C(C)(C)C)cc2c43)c(-c2ccccc2)c1. The van der Waals surface area contributed by atoms with Crippen LogP contribution in [0.3, 0.4) is 0 Å². The van der Waals surface area contributed by atoms with E-state index in [0.717, 1.165) is 34.0 Å². The van der Waals surface area contributed by atoms with Gasteiger partial charge in [-0.1, -0.05) is 275 Å². The molecule has 3 nitrogen and oxygen atoms in total. The molecule has 1 aromatic heterocycles. The molecule has 3 heterocycles. The zero-order chi connectivity index (χ0) is 65.4. The summed E-state index contributed by atoms with van der Waals surface area (Å²) in [6, 6.07) is 113. The highest BCUT2D eigenvalue weighted by atomic mass is 15.2. The van der Waals surface area contributed by atoms with E-state index in [0.29, 0.717) is 0 Å². The van der Waals surface area contributed by atoms with Gasteiger partial charge in [-0.25, -0.2) is 0 Å². The molecule has 17 rings (SSSR count). The van der Waals surface area contributed by atoms with Gasteiger partial charge in [0, 0.05) is 61.5 Å². The summed E-state index contributed by atoms with van der Waals surface area (Å²) in [5.41, 5.74) is 29.1. The van der Waals surface area contributed by atoms with Crippen LogP contribution in [-0.4, -0.2) is 11.3 Å². The largest absolute Gasteiger partial charge is 0.310 e. The first-order valence-electron chi connectivity index (χ1n) is 34.1. The topological polar surface area (TPSA) is 11.4 Å². The van der Waals surface area contributed by atoms with Crippen LogP contribution in [0.5, 0.6) is 0 Å². The van der Waals surface area contributed by atoms with Gasteiger partial charge in [0.1, 0.15) is 0 Å². The van der Waals surface area contributed by atoms with E-state index in [1.807, 2.05) is 0 Å². The number of hydrogen-bond donors (Lipinski definition) is 0. The Morgan fingerprint density at radius 3 is 1.06 bits per heavy atom. The molecule has 0 amide bonds. The van der Waals surface area contributed by atoms with E-state index in [1.54, 1.807) is 0 Å². The maximum atomic E-state index is 2.73. The molecule has 0 radical (unpaired) electrons. The van der Waals surface area contributed by atoms with E-state index in [2.05, 4.69) is 374 Å². The molecule has 4 heteroatoms. The summed E-state index contributed by atoms with van der Waals surface area (Å²) < 4.78 is 2.50. The van der Waals surface area contributed by atoms with Gasteiger partial charge >= 0.3 is 0 Å². The molecule has 0 N–H and O–H groups in total. The third-order valence-corrected chi connectivity index (χ3v) is 20.5. The van der Waals surface area contributed by atoms with Crippen molar-refractivity contribution in [2.75, 3.05) is 9.80 Å². The van der Waals surface area contributed by atoms with Crippen molar-refractivity contribution in [1.82, 2.24) is 4.57 Å². The molecule has 0 fully saturated rings. The molecule has 2 aliphatic rings. The molecule has 0 saturated heterocycles. The lowest BCUT2D eigenvalue weighted by Crippen LogP contribution is -2.61.